The summed E-state index contributed by atoms with van der Waals surface area (Å²) in [5.41, 5.74) is 1.73. The second-order valence-electron chi connectivity index (χ2n) is 5.34. The summed E-state index contributed by atoms with van der Waals surface area (Å²) in [6.07, 6.45) is -0.779. The Hall–Kier alpha value is -2.35. The highest BCUT2D eigenvalue weighted by atomic mass is 127. The number of benzene rings is 2. The van der Waals surface area contributed by atoms with E-state index in [4.69, 9.17) is 9.47 Å². The second-order valence-corrected chi connectivity index (χ2v) is 6.58. The Morgan fingerprint density at radius 2 is 1.84 bits per heavy atom. The first kappa shape index (κ1) is 17.5. The van der Waals surface area contributed by atoms with E-state index in [1.807, 2.05) is 54.6 Å². The Bertz CT molecular complexity index is 815. The van der Waals surface area contributed by atoms with Gasteiger partial charge in [0.05, 0.1) is 6.61 Å². The summed E-state index contributed by atoms with van der Waals surface area (Å²) in [7, 11) is 0. The molecule has 3 rings (SSSR count). The van der Waals surface area contributed by atoms with E-state index in [9.17, 15) is 9.59 Å². The van der Waals surface area contributed by atoms with E-state index < -0.39 is 18.0 Å². The van der Waals surface area contributed by atoms with Crippen LogP contribution in [-0.2, 0) is 19.1 Å². The molecule has 0 aliphatic carbocycles. The summed E-state index contributed by atoms with van der Waals surface area (Å²) in [5, 5.41) is 3.01. The van der Waals surface area contributed by atoms with Gasteiger partial charge in [0, 0.05) is 9.26 Å². The highest BCUT2D eigenvalue weighted by molar-refractivity contribution is 14.1. The van der Waals surface area contributed by atoms with Gasteiger partial charge in [-0.1, -0.05) is 30.3 Å². The quantitative estimate of drug-likeness (QED) is 0.556. The van der Waals surface area contributed by atoms with Crippen molar-refractivity contribution in [1.29, 1.82) is 0 Å². The highest BCUT2D eigenvalue weighted by Gasteiger charge is 2.40. The minimum Gasteiger partial charge on any atom is -0.462 e. The number of halogens is 1. The average Bonchev–Trinajstić information content (AvgIpc) is 2.94. The fourth-order valence-corrected chi connectivity index (χ4v) is 2.90. The van der Waals surface area contributed by atoms with E-state index in [-0.39, 0.29) is 17.9 Å². The van der Waals surface area contributed by atoms with Gasteiger partial charge in [-0.05, 0) is 59.3 Å². The van der Waals surface area contributed by atoms with Crippen LogP contribution in [0.5, 0.6) is 0 Å². The van der Waals surface area contributed by atoms with Gasteiger partial charge in [-0.25, -0.2) is 9.59 Å². The third-order valence-electron chi connectivity index (χ3n) is 3.67. The van der Waals surface area contributed by atoms with Crippen molar-refractivity contribution in [2.24, 2.45) is 0 Å². The molecule has 25 heavy (non-hydrogen) atoms. The number of esters is 2. The van der Waals surface area contributed by atoms with Crippen LogP contribution < -0.4 is 5.32 Å². The maximum atomic E-state index is 12.5. The van der Waals surface area contributed by atoms with Crippen molar-refractivity contribution in [3.05, 3.63) is 75.0 Å². The minimum absolute atomic E-state index is 0.119. The van der Waals surface area contributed by atoms with Gasteiger partial charge in [-0.3, -0.25) is 0 Å². The SMILES string of the molecule is CCOC(=O)C1=C(Nc2ccc(I)cc2)C(=O)OC1c1ccccc1. The number of carbonyl (C=O) groups is 2. The molecule has 2 aromatic carbocycles. The normalized spacial score (nSPS) is 16.6. The van der Waals surface area contributed by atoms with Gasteiger partial charge < -0.3 is 14.8 Å². The Morgan fingerprint density at radius 3 is 2.48 bits per heavy atom. The van der Waals surface area contributed by atoms with Crippen LogP contribution in [0.3, 0.4) is 0 Å². The summed E-state index contributed by atoms with van der Waals surface area (Å²) < 4.78 is 11.7. The number of hydrogen-bond donors (Lipinski definition) is 1. The van der Waals surface area contributed by atoms with Crippen LogP contribution in [0.2, 0.25) is 0 Å². The van der Waals surface area contributed by atoms with Gasteiger partial charge in [0.15, 0.2) is 6.10 Å². The number of hydrogen-bond acceptors (Lipinski definition) is 5. The molecule has 0 saturated heterocycles. The van der Waals surface area contributed by atoms with Gasteiger partial charge in [0.1, 0.15) is 11.3 Å². The maximum Gasteiger partial charge on any atom is 0.356 e. The van der Waals surface area contributed by atoms with Crippen molar-refractivity contribution in [1.82, 2.24) is 0 Å². The molecule has 1 heterocycles. The zero-order chi connectivity index (χ0) is 17.8. The molecule has 6 heteroatoms. The molecular formula is C19H16INO4. The lowest BCUT2D eigenvalue weighted by molar-refractivity contribution is -0.142. The van der Waals surface area contributed by atoms with Crippen molar-refractivity contribution in [3.8, 4) is 0 Å². The van der Waals surface area contributed by atoms with Crippen molar-refractivity contribution in [2.75, 3.05) is 11.9 Å². The van der Waals surface area contributed by atoms with E-state index in [1.165, 1.54) is 0 Å². The van der Waals surface area contributed by atoms with E-state index in [1.54, 1.807) is 6.92 Å². The molecule has 0 fully saturated rings. The summed E-state index contributed by atoms with van der Waals surface area (Å²) in [6.45, 7) is 1.94. The predicted molar refractivity (Wildman–Crippen MR) is 102 cm³/mol. The van der Waals surface area contributed by atoms with Crippen LogP contribution >= 0.6 is 22.6 Å². The van der Waals surface area contributed by atoms with Crippen LogP contribution in [0.4, 0.5) is 5.69 Å². The second kappa shape index (κ2) is 7.69. The average molecular weight is 449 g/mol. The number of cyclic esters (lactones) is 1. The zero-order valence-electron chi connectivity index (χ0n) is 13.5. The van der Waals surface area contributed by atoms with Gasteiger partial charge in [0.2, 0.25) is 0 Å². The fourth-order valence-electron chi connectivity index (χ4n) is 2.54. The van der Waals surface area contributed by atoms with Crippen molar-refractivity contribution in [3.63, 3.8) is 0 Å². The molecule has 1 unspecified atom stereocenters. The Kier molecular flexibility index (Phi) is 5.37. The third kappa shape index (κ3) is 3.84. The monoisotopic (exact) mass is 449 g/mol. The van der Waals surface area contributed by atoms with E-state index in [0.717, 1.165) is 9.13 Å². The molecular weight excluding hydrogens is 433 g/mol. The molecule has 0 bridgehead atoms. The Balaban J connectivity index is 2.01. The smallest absolute Gasteiger partial charge is 0.356 e. The molecule has 5 nitrogen and oxygen atoms in total. The van der Waals surface area contributed by atoms with Gasteiger partial charge >= 0.3 is 11.9 Å². The topological polar surface area (TPSA) is 64.6 Å². The third-order valence-corrected chi connectivity index (χ3v) is 4.39. The molecule has 1 N–H and O–H groups in total. The van der Waals surface area contributed by atoms with Crippen molar-refractivity contribution >= 4 is 40.2 Å². The molecule has 0 amide bonds. The van der Waals surface area contributed by atoms with E-state index in [0.29, 0.717) is 5.69 Å². The Morgan fingerprint density at radius 1 is 1.16 bits per heavy atom. The lowest BCUT2D eigenvalue weighted by Crippen LogP contribution is -2.16. The van der Waals surface area contributed by atoms with Crippen molar-refractivity contribution < 1.29 is 19.1 Å². The number of nitrogens with one attached hydrogen (secondary N) is 1. The van der Waals surface area contributed by atoms with Crippen LogP contribution in [0.25, 0.3) is 0 Å². The van der Waals surface area contributed by atoms with Gasteiger partial charge in [-0.2, -0.15) is 0 Å². The Labute approximate surface area is 159 Å². The molecule has 0 radical (unpaired) electrons. The summed E-state index contributed by atoms with van der Waals surface area (Å²) >= 11 is 2.20. The summed E-state index contributed by atoms with van der Waals surface area (Å²) in [4.78, 5) is 24.9. The molecule has 128 valence electrons. The van der Waals surface area contributed by atoms with Crippen LogP contribution in [0, 0.1) is 3.57 Å². The van der Waals surface area contributed by atoms with Gasteiger partial charge in [0.25, 0.3) is 0 Å². The minimum atomic E-state index is -0.779. The fraction of sp³-hybridized carbons (Fsp3) is 0.158. The highest BCUT2D eigenvalue weighted by Crippen LogP contribution is 2.36. The van der Waals surface area contributed by atoms with E-state index >= 15 is 0 Å². The first-order valence-electron chi connectivity index (χ1n) is 7.80. The van der Waals surface area contributed by atoms with E-state index in [2.05, 4.69) is 27.9 Å². The summed E-state index contributed by atoms with van der Waals surface area (Å²) in [5.74, 6) is -1.13. The summed E-state index contributed by atoms with van der Waals surface area (Å²) in [6, 6.07) is 16.6. The first-order chi connectivity index (χ1) is 12.1. The molecule has 0 aromatic heterocycles. The zero-order valence-corrected chi connectivity index (χ0v) is 15.6. The van der Waals surface area contributed by atoms with Crippen LogP contribution in [0.15, 0.2) is 65.9 Å². The molecule has 2 aromatic rings. The number of rotatable bonds is 5. The van der Waals surface area contributed by atoms with Crippen LogP contribution in [0.1, 0.15) is 18.6 Å². The van der Waals surface area contributed by atoms with Crippen LogP contribution in [-0.4, -0.2) is 18.5 Å². The van der Waals surface area contributed by atoms with Crippen molar-refractivity contribution in [2.45, 2.75) is 13.0 Å². The number of ether oxygens (including phenoxy) is 2. The molecule has 0 saturated carbocycles. The molecule has 1 aliphatic heterocycles. The molecule has 1 aliphatic rings. The predicted octanol–water partition coefficient (Wildman–Crippen LogP) is 3.82. The number of anilines is 1. The van der Waals surface area contributed by atoms with Gasteiger partial charge in [-0.15, -0.1) is 0 Å². The number of carbonyl (C=O) groups excluding carboxylic acids is 2. The maximum absolute atomic E-state index is 12.5. The molecule has 0 spiro atoms. The standard InChI is InChI=1S/C19H16INO4/c1-2-24-18(22)15-16(21-14-10-8-13(20)9-11-14)19(23)25-17(15)12-6-4-3-5-7-12/h3-11,17,21H,2H2,1H3. The lowest BCUT2D eigenvalue weighted by atomic mass is 10.0. The molecule has 1 atom stereocenters. The lowest BCUT2D eigenvalue weighted by Gasteiger charge is -2.13. The largest absolute Gasteiger partial charge is 0.462 e. The first-order valence-corrected chi connectivity index (χ1v) is 8.88.